The molecule has 4 heteroatoms. The van der Waals surface area contributed by atoms with E-state index in [9.17, 15) is 15.0 Å². The first kappa shape index (κ1) is 57.1. The van der Waals surface area contributed by atoms with Gasteiger partial charge in [0.25, 0.3) is 0 Å². The minimum Gasteiger partial charge on any atom is -0.394 e. The Morgan fingerprint density at radius 3 is 0.897 bits per heavy atom. The van der Waals surface area contributed by atoms with E-state index in [0.29, 0.717) is 6.42 Å². The molecule has 2 unspecified atom stereocenters. The molecular formula is C54H107NO3. The van der Waals surface area contributed by atoms with Crippen molar-refractivity contribution in [3.8, 4) is 0 Å². The molecule has 4 nitrogen and oxygen atoms in total. The summed E-state index contributed by atoms with van der Waals surface area (Å²) >= 11 is 0. The molecule has 346 valence electrons. The lowest BCUT2D eigenvalue weighted by molar-refractivity contribution is -0.123. The fraction of sp³-hybridized carbons (Fsp3) is 0.944. The predicted molar refractivity (Wildman–Crippen MR) is 258 cm³/mol. The topological polar surface area (TPSA) is 69.6 Å². The van der Waals surface area contributed by atoms with Gasteiger partial charge in [0.2, 0.25) is 5.91 Å². The van der Waals surface area contributed by atoms with Crippen LogP contribution in [-0.2, 0) is 4.79 Å². The van der Waals surface area contributed by atoms with Crippen molar-refractivity contribution >= 4 is 5.91 Å². The number of allylic oxidation sites excluding steroid dienone is 1. The van der Waals surface area contributed by atoms with Crippen molar-refractivity contribution < 1.29 is 15.0 Å². The van der Waals surface area contributed by atoms with Crippen LogP contribution in [0.3, 0.4) is 0 Å². The summed E-state index contributed by atoms with van der Waals surface area (Å²) in [4.78, 5) is 12.4. The van der Waals surface area contributed by atoms with Gasteiger partial charge in [-0.1, -0.05) is 296 Å². The number of aliphatic hydroxyl groups is 2. The zero-order chi connectivity index (χ0) is 42.1. The van der Waals surface area contributed by atoms with E-state index in [1.54, 1.807) is 6.08 Å². The first-order valence-corrected chi connectivity index (χ1v) is 26.9. The lowest BCUT2D eigenvalue weighted by atomic mass is 10.0. The molecule has 0 aromatic rings. The van der Waals surface area contributed by atoms with Gasteiger partial charge in [0.05, 0.1) is 18.8 Å². The second-order valence-electron chi connectivity index (χ2n) is 18.7. The van der Waals surface area contributed by atoms with E-state index in [1.165, 1.54) is 263 Å². The largest absolute Gasteiger partial charge is 0.394 e. The molecular weight excluding hydrogens is 711 g/mol. The minimum atomic E-state index is -0.835. The molecule has 0 rings (SSSR count). The number of rotatable bonds is 50. The normalized spacial score (nSPS) is 12.8. The molecule has 0 saturated heterocycles. The molecule has 58 heavy (non-hydrogen) atoms. The van der Waals surface area contributed by atoms with Crippen LogP contribution in [0.5, 0.6) is 0 Å². The van der Waals surface area contributed by atoms with Gasteiger partial charge < -0.3 is 15.5 Å². The maximum atomic E-state index is 12.4. The Bertz CT molecular complexity index is 799. The van der Waals surface area contributed by atoms with Crippen LogP contribution in [0.15, 0.2) is 12.2 Å². The van der Waals surface area contributed by atoms with E-state index in [4.69, 9.17) is 0 Å². The predicted octanol–water partition coefficient (Wildman–Crippen LogP) is 17.4. The molecule has 0 saturated carbocycles. The molecule has 0 bridgehead atoms. The summed E-state index contributed by atoms with van der Waals surface area (Å²) in [6.07, 6.45) is 65.1. The summed E-state index contributed by atoms with van der Waals surface area (Å²) in [5, 5.41) is 23.2. The van der Waals surface area contributed by atoms with Crippen LogP contribution in [0.25, 0.3) is 0 Å². The fourth-order valence-electron chi connectivity index (χ4n) is 8.65. The van der Waals surface area contributed by atoms with Crippen molar-refractivity contribution in [2.45, 2.75) is 321 Å². The standard InChI is InChI=1S/C54H107NO3/c1-3-5-7-9-11-13-15-17-19-21-23-24-25-26-27-28-29-30-32-33-35-37-39-41-43-45-47-49-53(57)52(51-56)55-54(58)50-48-46-44-42-40-38-36-34-31-22-20-18-16-14-12-10-8-6-4-2/h47,49,52-53,56-57H,3-46,48,50-51H2,1-2H3,(H,55,58)/b49-47+. The van der Waals surface area contributed by atoms with Gasteiger partial charge in [-0.15, -0.1) is 0 Å². The van der Waals surface area contributed by atoms with Gasteiger partial charge in [-0.3, -0.25) is 4.79 Å². The van der Waals surface area contributed by atoms with Crippen molar-refractivity contribution in [1.29, 1.82) is 0 Å². The van der Waals surface area contributed by atoms with Crippen molar-refractivity contribution in [2.24, 2.45) is 0 Å². The third-order valence-electron chi connectivity index (χ3n) is 12.8. The number of carbonyl (C=O) groups excluding carboxylic acids is 1. The van der Waals surface area contributed by atoms with E-state index in [-0.39, 0.29) is 12.5 Å². The third kappa shape index (κ3) is 46.2. The summed E-state index contributed by atoms with van der Waals surface area (Å²) in [6.45, 7) is 4.35. The first-order chi connectivity index (χ1) is 28.7. The maximum Gasteiger partial charge on any atom is 0.220 e. The third-order valence-corrected chi connectivity index (χ3v) is 12.8. The van der Waals surface area contributed by atoms with Crippen molar-refractivity contribution in [1.82, 2.24) is 5.32 Å². The van der Waals surface area contributed by atoms with Gasteiger partial charge >= 0.3 is 0 Å². The Kier molecular flexibility index (Phi) is 49.7. The highest BCUT2D eigenvalue weighted by Gasteiger charge is 2.18. The Labute approximate surface area is 365 Å². The second kappa shape index (κ2) is 50.5. The van der Waals surface area contributed by atoms with Crippen molar-refractivity contribution in [3.63, 3.8) is 0 Å². The highest BCUT2D eigenvalue weighted by molar-refractivity contribution is 5.76. The fourth-order valence-corrected chi connectivity index (χ4v) is 8.65. The molecule has 0 aromatic carbocycles. The number of aliphatic hydroxyl groups excluding tert-OH is 2. The lowest BCUT2D eigenvalue weighted by Gasteiger charge is -2.20. The number of hydrogen-bond acceptors (Lipinski definition) is 3. The average Bonchev–Trinajstić information content (AvgIpc) is 3.23. The molecule has 0 aromatic heterocycles. The van der Waals surface area contributed by atoms with E-state index < -0.39 is 12.1 Å². The van der Waals surface area contributed by atoms with Crippen molar-refractivity contribution in [2.75, 3.05) is 6.61 Å². The monoisotopic (exact) mass is 818 g/mol. The van der Waals surface area contributed by atoms with Gasteiger partial charge in [-0.2, -0.15) is 0 Å². The molecule has 2 atom stereocenters. The second-order valence-corrected chi connectivity index (χ2v) is 18.7. The number of hydrogen-bond donors (Lipinski definition) is 3. The SMILES string of the molecule is CCCCCCCCCCCCCCCCCCCCCCCCCCC/C=C/C(O)C(CO)NC(=O)CCCCCCCCCCCCCCCCCCCCC. The summed E-state index contributed by atoms with van der Waals surface area (Å²) in [6, 6.07) is -0.617. The minimum absolute atomic E-state index is 0.0568. The maximum absolute atomic E-state index is 12.4. The van der Waals surface area contributed by atoms with Crippen LogP contribution in [0.2, 0.25) is 0 Å². The Morgan fingerprint density at radius 2 is 0.638 bits per heavy atom. The zero-order valence-corrected chi connectivity index (χ0v) is 39.8. The highest BCUT2D eigenvalue weighted by Crippen LogP contribution is 2.18. The Balaban J connectivity index is 3.45. The van der Waals surface area contributed by atoms with Crippen LogP contribution < -0.4 is 5.32 Å². The zero-order valence-electron chi connectivity index (χ0n) is 39.8. The number of unbranched alkanes of at least 4 members (excludes halogenated alkanes) is 43. The molecule has 0 radical (unpaired) electrons. The molecule has 0 aliphatic heterocycles. The molecule has 0 fully saturated rings. The van der Waals surface area contributed by atoms with Gasteiger partial charge in [-0.05, 0) is 19.3 Å². The molecule has 0 spiro atoms. The van der Waals surface area contributed by atoms with E-state index in [2.05, 4.69) is 19.2 Å². The first-order valence-electron chi connectivity index (χ1n) is 26.9. The van der Waals surface area contributed by atoms with Crippen LogP contribution >= 0.6 is 0 Å². The Morgan fingerprint density at radius 1 is 0.397 bits per heavy atom. The Hall–Kier alpha value is -0.870. The van der Waals surface area contributed by atoms with Crippen LogP contribution in [-0.4, -0.2) is 34.9 Å². The summed E-state index contributed by atoms with van der Waals surface area (Å²) in [7, 11) is 0. The van der Waals surface area contributed by atoms with Gasteiger partial charge in [0.15, 0.2) is 0 Å². The molecule has 1 amide bonds. The molecule has 3 N–H and O–H groups in total. The quantitative estimate of drug-likeness (QED) is 0.0423. The van der Waals surface area contributed by atoms with Crippen LogP contribution in [0, 0.1) is 0 Å². The van der Waals surface area contributed by atoms with E-state index in [1.807, 2.05) is 6.08 Å². The van der Waals surface area contributed by atoms with Crippen molar-refractivity contribution in [3.05, 3.63) is 12.2 Å². The van der Waals surface area contributed by atoms with Gasteiger partial charge in [0, 0.05) is 6.42 Å². The van der Waals surface area contributed by atoms with Gasteiger partial charge in [0.1, 0.15) is 0 Å². The summed E-state index contributed by atoms with van der Waals surface area (Å²) in [5.74, 6) is -0.0568. The molecule has 0 heterocycles. The summed E-state index contributed by atoms with van der Waals surface area (Å²) in [5.41, 5.74) is 0. The van der Waals surface area contributed by atoms with Crippen LogP contribution in [0.4, 0.5) is 0 Å². The molecule has 0 aliphatic rings. The highest BCUT2D eigenvalue weighted by atomic mass is 16.3. The lowest BCUT2D eigenvalue weighted by Crippen LogP contribution is -2.45. The number of nitrogens with one attached hydrogen (secondary N) is 1. The van der Waals surface area contributed by atoms with Crippen LogP contribution in [0.1, 0.15) is 309 Å². The molecule has 0 aliphatic carbocycles. The number of carbonyl (C=O) groups is 1. The summed E-state index contributed by atoms with van der Waals surface area (Å²) < 4.78 is 0. The van der Waals surface area contributed by atoms with E-state index >= 15 is 0 Å². The van der Waals surface area contributed by atoms with E-state index in [0.717, 1.165) is 25.7 Å². The number of amides is 1. The average molecular weight is 818 g/mol. The smallest absolute Gasteiger partial charge is 0.220 e. The van der Waals surface area contributed by atoms with Gasteiger partial charge in [-0.25, -0.2) is 0 Å².